The predicted octanol–water partition coefficient (Wildman–Crippen LogP) is -0.795. The van der Waals surface area contributed by atoms with Crippen LogP contribution in [-0.4, -0.2) is 76.2 Å². The molecule has 0 aromatic carbocycles. The van der Waals surface area contributed by atoms with Gasteiger partial charge in [-0.25, -0.2) is 0 Å². The molecule has 1 saturated heterocycles. The fourth-order valence-electron chi connectivity index (χ4n) is 1.70. The van der Waals surface area contributed by atoms with Crippen LogP contribution < -0.4 is 0 Å². The third-order valence-corrected chi connectivity index (χ3v) is 5.98. The van der Waals surface area contributed by atoms with Gasteiger partial charge in [0.15, 0.2) is 0 Å². The summed E-state index contributed by atoms with van der Waals surface area (Å²) in [5.41, 5.74) is 4.00. The van der Waals surface area contributed by atoms with Gasteiger partial charge in [-0.15, -0.1) is 0 Å². The first kappa shape index (κ1) is 16.6. The van der Waals surface area contributed by atoms with Gasteiger partial charge in [0.05, 0.1) is 0 Å². The molecule has 0 amide bonds. The van der Waals surface area contributed by atoms with E-state index in [2.05, 4.69) is 0 Å². The van der Waals surface area contributed by atoms with E-state index in [0.29, 0.717) is 5.21 Å². The Morgan fingerprint density at radius 1 is 1.33 bits per heavy atom. The summed E-state index contributed by atoms with van der Waals surface area (Å²) in [5, 5.41) is 37.9. The molecule has 5 unspecified atom stereocenters. The molecule has 0 radical (unpaired) electrons. The van der Waals surface area contributed by atoms with Crippen LogP contribution in [0.5, 0.6) is 0 Å². The molecule has 0 bridgehead atoms. The van der Waals surface area contributed by atoms with Crippen molar-refractivity contribution < 1.29 is 29.9 Å². The van der Waals surface area contributed by atoms with Gasteiger partial charge in [0.2, 0.25) is 0 Å². The molecule has 1 fully saturated rings. The Balaban J connectivity index is 2.51. The normalized spacial score (nSPS) is 34.8. The first-order valence-electron chi connectivity index (χ1n) is 5.70. The predicted molar refractivity (Wildman–Crippen MR) is 69.6 cm³/mol. The summed E-state index contributed by atoms with van der Waals surface area (Å²) in [6.07, 6.45) is -4.70. The van der Waals surface area contributed by atoms with Gasteiger partial charge in [0.25, 0.3) is 0 Å². The molecule has 108 valence electrons. The van der Waals surface area contributed by atoms with E-state index in [1.54, 1.807) is 0 Å². The molecule has 8 heteroatoms. The molecular weight excluding hydrogens is 323 g/mol. The molecule has 0 aliphatic carbocycles. The molecular formula is C10H21AsO6S. The van der Waals surface area contributed by atoms with Gasteiger partial charge in [-0.3, -0.25) is 0 Å². The van der Waals surface area contributed by atoms with Crippen LogP contribution >= 0.6 is 10.4 Å². The van der Waals surface area contributed by atoms with Gasteiger partial charge in [0, 0.05) is 0 Å². The Labute approximate surface area is 113 Å². The van der Waals surface area contributed by atoms with Crippen LogP contribution in [0.2, 0.25) is 16.6 Å². The van der Waals surface area contributed by atoms with E-state index in [1.807, 2.05) is 11.4 Å². The van der Waals surface area contributed by atoms with Crippen molar-refractivity contribution >= 4 is 22.3 Å². The summed E-state index contributed by atoms with van der Waals surface area (Å²) >= 11 is -2.16. The summed E-state index contributed by atoms with van der Waals surface area (Å²) in [5.74, 6) is 0. The third-order valence-electron chi connectivity index (χ3n) is 2.60. The Bertz CT molecular complexity index is 309. The van der Waals surface area contributed by atoms with Crippen molar-refractivity contribution in [3.05, 3.63) is 0 Å². The first-order valence-corrected chi connectivity index (χ1v) is 13.4. The molecule has 1 aliphatic heterocycles. The molecule has 0 aromatic rings. The minimum absolute atomic E-state index is 0.158. The second kappa shape index (κ2) is 6.81. The van der Waals surface area contributed by atoms with Crippen LogP contribution in [0.4, 0.5) is 0 Å². The van der Waals surface area contributed by atoms with Gasteiger partial charge in [-0.1, -0.05) is 0 Å². The van der Waals surface area contributed by atoms with Gasteiger partial charge in [0.1, 0.15) is 0 Å². The number of aliphatic hydroxyl groups is 4. The van der Waals surface area contributed by atoms with Crippen molar-refractivity contribution in [1.29, 1.82) is 0 Å². The zero-order valence-corrected chi connectivity index (χ0v) is 13.2. The summed E-state index contributed by atoms with van der Waals surface area (Å²) in [4.78, 5) is 0. The monoisotopic (exact) mass is 344 g/mol. The van der Waals surface area contributed by atoms with Crippen LogP contribution in [0, 0.1) is 0 Å². The first-order chi connectivity index (χ1) is 8.24. The van der Waals surface area contributed by atoms with Crippen molar-refractivity contribution in [2.24, 2.45) is 0 Å². The van der Waals surface area contributed by atoms with Crippen LogP contribution in [0.25, 0.3) is 0 Å². The number of hydrogen-bond donors (Lipinski definition) is 4. The van der Waals surface area contributed by atoms with Gasteiger partial charge >= 0.3 is 113 Å². The van der Waals surface area contributed by atoms with E-state index in [4.69, 9.17) is 30.1 Å². The van der Waals surface area contributed by atoms with Gasteiger partial charge < -0.3 is 0 Å². The van der Waals surface area contributed by atoms with Crippen molar-refractivity contribution in [3.63, 3.8) is 0 Å². The molecule has 1 rings (SSSR count). The Morgan fingerprint density at radius 3 is 2.44 bits per heavy atom. The molecule has 6 nitrogen and oxygen atoms in total. The van der Waals surface area contributed by atoms with E-state index >= 15 is 0 Å². The van der Waals surface area contributed by atoms with Crippen LogP contribution in [0.3, 0.4) is 0 Å². The zero-order valence-electron chi connectivity index (χ0n) is 10.5. The van der Waals surface area contributed by atoms with E-state index in [1.165, 1.54) is 0 Å². The SMILES string of the molecule is C[As](C)(=S)CC1OC(OCC(O)CO)C(O)C1O. The van der Waals surface area contributed by atoms with E-state index in [-0.39, 0.29) is 6.61 Å². The van der Waals surface area contributed by atoms with E-state index < -0.39 is 49.2 Å². The number of hydrogen-bond acceptors (Lipinski definition) is 7. The van der Waals surface area contributed by atoms with Gasteiger partial charge in [-0.2, -0.15) is 0 Å². The molecule has 5 atom stereocenters. The topological polar surface area (TPSA) is 99.4 Å². The summed E-state index contributed by atoms with van der Waals surface area (Å²) in [6.45, 7) is -0.586. The summed E-state index contributed by atoms with van der Waals surface area (Å²) in [7, 11) is 5.36. The molecule has 1 aliphatic rings. The summed E-state index contributed by atoms with van der Waals surface area (Å²) in [6, 6.07) is 0. The number of ether oxygens (including phenoxy) is 2. The molecule has 0 spiro atoms. The average molecular weight is 344 g/mol. The maximum atomic E-state index is 9.83. The zero-order chi connectivity index (χ0) is 13.9. The quantitative estimate of drug-likeness (QED) is 0.469. The summed E-state index contributed by atoms with van der Waals surface area (Å²) < 4.78 is 10.5. The molecule has 0 aromatic heterocycles. The van der Waals surface area contributed by atoms with Crippen molar-refractivity contribution in [2.75, 3.05) is 13.2 Å². The van der Waals surface area contributed by atoms with Gasteiger partial charge in [-0.05, 0) is 0 Å². The molecule has 1 heterocycles. The molecule has 4 N–H and O–H groups in total. The van der Waals surface area contributed by atoms with Crippen molar-refractivity contribution in [2.45, 2.75) is 47.3 Å². The fourth-order valence-corrected chi connectivity index (χ4v) is 4.91. The Morgan fingerprint density at radius 2 is 1.94 bits per heavy atom. The average Bonchev–Trinajstić information content (AvgIpc) is 2.52. The second-order valence-electron chi connectivity index (χ2n) is 4.95. The minimum atomic E-state index is -2.16. The van der Waals surface area contributed by atoms with Crippen molar-refractivity contribution in [3.8, 4) is 0 Å². The Hall–Kier alpha value is 0.538. The van der Waals surface area contributed by atoms with E-state index in [0.717, 1.165) is 0 Å². The Kier molecular flexibility index (Phi) is 6.28. The van der Waals surface area contributed by atoms with Crippen molar-refractivity contribution in [1.82, 2.24) is 0 Å². The van der Waals surface area contributed by atoms with E-state index in [9.17, 15) is 10.2 Å². The third kappa shape index (κ3) is 4.90. The second-order valence-corrected chi connectivity index (χ2v) is 17.5. The maximum absolute atomic E-state index is 9.83. The number of aliphatic hydroxyl groups excluding tert-OH is 4. The van der Waals surface area contributed by atoms with Crippen LogP contribution in [0.1, 0.15) is 0 Å². The number of rotatable bonds is 6. The fraction of sp³-hybridized carbons (Fsp3) is 1.00. The van der Waals surface area contributed by atoms with Crippen LogP contribution in [0.15, 0.2) is 0 Å². The molecule has 18 heavy (non-hydrogen) atoms. The van der Waals surface area contributed by atoms with Crippen LogP contribution in [-0.2, 0) is 9.47 Å². The standard InChI is InChI=1S/C10H21AsO6S/c1-11(2,18)3-7-8(14)9(15)10(17-7)16-5-6(13)4-12/h6-10,12-15H,3-5H2,1-2H3. The molecule has 0 saturated carbocycles.